The van der Waals surface area contributed by atoms with Crippen LogP contribution in [0.2, 0.25) is 0 Å². The number of hydrogen-bond acceptors (Lipinski definition) is 3. The fourth-order valence-corrected chi connectivity index (χ4v) is 4.52. The van der Waals surface area contributed by atoms with Crippen molar-refractivity contribution in [3.63, 3.8) is 0 Å². The molecule has 4 rings (SSSR count). The maximum atomic E-state index is 9.71. The number of rotatable bonds is 4. The molecule has 0 saturated carbocycles. The Morgan fingerprint density at radius 1 is 1.14 bits per heavy atom. The number of anilines is 1. The Morgan fingerprint density at radius 2 is 1.89 bits per heavy atom. The van der Waals surface area contributed by atoms with Crippen LogP contribution in [-0.4, -0.2) is 19.8 Å². The molecule has 1 aromatic carbocycles. The summed E-state index contributed by atoms with van der Waals surface area (Å²) in [6, 6.07) is 15.3. The molecule has 5 nitrogen and oxygen atoms in total. The summed E-state index contributed by atoms with van der Waals surface area (Å²) in [5.74, 6) is 0.240. The number of phenols is 1. The average molecular weight is 393 g/mol. The van der Waals surface area contributed by atoms with Gasteiger partial charge in [0.1, 0.15) is 5.75 Å². The molecule has 0 unspecified atom stereocenters. The summed E-state index contributed by atoms with van der Waals surface area (Å²) in [5.41, 5.74) is 5.60. The molecule has 2 aromatic heterocycles. The zero-order valence-corrected chi connectivity index (χ0v) is 17.1. The molecule has 3 aromatic rings. The van der Waals surface area contributed by atoms with Crippen LogP contribution in [0.1, 0.15) is 41.7 Å². The molecular weight excluding hydrogens is 368 g/mol. The lowest BCUT2D eigenvalue weighted by Gasteiger charge is -2.28. The minimum atomic E-state index is -0.0618. The second-order valence-electron chi connectivity index (χ2n) is 7.08. The Balaban J connectivity index is 1.88. The summed E-state index contributed by atoms with van der Waals surface area (Å²) in [7, 11) is 0. The molecule has 1 fully saturated rings. The van der Waals surface area contributed by atoms with Gasteiger partial charge in [-0.2, -0.15) is 0 Å². The monoisotopic (exact) mass is 392 g/mol. The van der Waals surface area contributed by atoms with Crippen LogP contribution in [-0.2, 0) is 6.54 Å². The summed E-state index contributed by atoms with van der Waals surface area (Å²) < 4.78 is 2.32. The van der Waals surface area contributed by atoms with Gasteiger partial charge >= 0.3 is 0 Å². The van der Waals surface area contributed by atoms with E-state index in [9.17, 15) is 5.11 Å². The highest BCUT2D eigenvalue weighted by atomic mass is 32.1. The topological polar surface area (TPSA) is 53.3 Å². The van der Waals surface area contributed by atoms with Gasteiger partial charge in [0.2, 0.25) is 0 Å². The molecule has 144 valence electrons. The van der Waals surface area contributed by atoms with Crippen molar-refractivity contribution in [1.82, 2.24) is 14.9 Å². The third-order valence-electron chi connectivity index (χ3n) is 5.47. The number of aromatic nitrogens is 2. The number of aryl methyl sites for hydroxylation is 1. The molecule has 28 heavy (non-hydrogen) atoms. The van der Waals surface area contributed by atoms with Crippen LogP contribution < -0.4 is 10.2 Å². The number of thiocarbonyl (C=S) groups is 1. The second-order valence-corrected chi connectivity index (χ2v) is 7.47. The molecule has 1 saturated heterocycles. The largest absolute Gasteiger partial charge is 0.508 e. The lowest BCUT2D eigenvalue weighted by Crippen LogP contribution is -2.29. The molecule has 1 aliphatic rings. The van der Waals surface area contributed by atoms with Crippen LogP contribution in [0.25, 0.3) is 0 Å². The summed E-state index contributed by atoms with van der Waals surface area (Å²) in [4.78, 5) is 6.73. The summed E-state index contributed by atoms with van der Waals surface area (Å²) in [5, 5.41) is 13.9. The predicted molar refractivity (Wildman–Crippen MR) is 116 cm³/mol. The van der Waals surface area contributed by atoms with E-state index >= 15 is 0 Å². The number of nitrogens with one attached hydrogen (secondary N) is 1. The number of nitrogens with zero attached hydrogens (tertiary/aromatic N) is 3. The summed E-state index contributed by atoms with van der Waals surface area (Å²) in [6.07, 6.45) is 1.82. The number of phenolic OH excluding ortho intramolecular Hbond substituents is 1. The van der Waals surface area contributed by atoms with Gasteiger partial charge in [0.25, 0.3) is 0 Å². The predicted octanol–water partition coefficient (Wildman–Crippen LogP) is 4.40. The molecule has 0 radical (unpaired) electrons. The molecule has 0 amide bonds. The SMILES string of the molecule is CCn1c(C)cc([C@H]2[C@H](c3ccccn3)NC(=S)N2c2ccc(O)cc2)c1C. The van der Waals surface area contributed by atoms with Crippen LogP contribution in [0.15, 0.2) is 54.7 Å². The van der Waals surface area contributed by atoms with Gasteiger partial charge in [0.15, 0.2) is 5.11 Å². The summed E-state index contributed by atoms with van der Waals surface area (Å²) in [6.45, 7) is 7.39. The standard InChI is InChI=1S/C22H24N4OS/c1-4-25-14(2)13-18(15(25)3)21-20(19-7-5-6-12-23-19)24-22(28)26(21)16-8-10-17(27)11-9-16/h5-13,20-21,27H,4H2,1-3H3,(H,24,28)/t20-,21-/m0/s1. The van der Waals surface area contributed by atoms with Crippen molar-refractivity contribution in [2.75, 3.05) is 4.90 Å². The molecule has 0 aliphatic carbocycles. The Hall–Kier alpha value is -2.86. The molecule has 3 heterocycles. The van der Waals surface area contributed by atoms with Crippen LogP contribution in [0, 0.1) is 13.8 Å². The number of hydrogen-bond donors (Lipinski definition) is 2. The fourth-order valence-electron chi connectivity index (χ4n) is 4.18. The smallest absolute Gasteiger partial charge is 0.174 e. The maximum absolute atomic E-state index is 9.71. The molecule has 0 spiro atoms. The van der Waals surface area contributed by atoms with Gasteiger partial charge in [-0.05, 0) is 81.0 Å². The third-order valence-corrected chi connectivity index (χ3v) is 5.79. The quantitative estimate of drug-likeness (QED) is 0.645. The zero-order valence-electron chi connectivity index (χ0n) is 16.3. The van der Waals surface area contributed by atoms with Gasteiger partial charge in [-0.1, -0.05) is 6.07 Å². The van der Waals surface area contributed by atoms with E-state index in [4.69, 9.17) is 12.2 Å². The number of aromatic hydroxyl groups is 1. The van der Waals surface area contributed by atoms with E-state index in [1.54, 1.807) is 12.1 Å². The minimum Gasteiger partial charge on any atom is -0.508 e. The van der Waals surface area contributed by atoms with Crippen molar-refractivity contribution in [1.29, 1.82) is 0 Å². The van der Waals surface area contributed by atoms with Crippen molar-refractivity contribution in [2.45, 2.75) is 39.4 Å². The third kappa shape index (κ3) is 3.03. The van der Waals surface area contributed by atoms with Crippen LogP contribution in [0.3, 0.4) is 0 Å². The van der Waals surface area contributed by atoms with Crippen molar-refractivity contribution in [3.05, 3.63) is 77.4 Å². The summed E-state index contributed by atoms with van der Waals surface area (Å²) >= 11 is 5.74. The van der Waals surface area contributed by atoms with E-state index < -0.39 is 0 Å². The van der Waals surface area contributed by atoms with Crippen LogP contribution >= 0.6 is 12.2 Å². The first-order valence-corrected chi connectivity index (χ1v) is 9.88. The first-order valence-electron chi connectivity index (χ1n) is 9.47. The van der Waals surface area contributed by atoms with Gasteiger partial charge < -0.3 is 19.9 Å². The highest BCUT2D eigenvalue weighted by molar-refractivity contribution is 7.80. The van der Waals surface area contributed by atoms with Gasteiger partial charge in [-0.15, -0.1) is 0 Å². The van der Waals surface area contributed by atoms with E-state index in [1.165, 1.54) is 17.0 Å². The van der Waals surface area contributed by atoms with E-state index in [1.807, 2.05) is 36.5 Å². The average Bonchev–Trinajstić information content (AvgIpc) is 3.18. The van der Waals surface area contributed by atoms with Gasteiger partial charge in [-0.3, -0.25) is 4.98 Å². The molecule has 6 heteroatoms. The first kappa shape index (κ1) is 18.5. The molecular formula is C22H24N4OS. The van der Waals surface area contributed by atoms with E-state index in [0.29, 0.717) is 5.11 Å². The maximum Gasteiger partial charge on any atom is 0.174 e. The minimum absolute atomic E-state index is 0.0292. The Labute approximate surface area is 170 Å². The number of benzene rings is 1. The van der Waals surface area contributed by atoms with E-state index in [0.717, 1.165) is 17.9 Å². The fraction of sp³-hybridized carbons (Fsp3) is 0.273. The van der Waals surface area contributed by atoms with Gasteiger partial charge in [0.05, 0.1) is 17.8 Å². The normalized spacial score (nSPS) is 19.1. The molecule has 1 aliphatic heterocycles. The Bertz CT molecular complexity index is 997. The van der Waals surface area contributed by atoms with E-state index in [-0.39, 0.29) is 17.8 Å². The highest BCUT2D eigenvalue weighted by Gasteiger charge is 2.42. The van der Waals surface area contributed by atoms with Gasteiger partial charge in [-0.25, -0.2) is 0 Å². The first-order chi connectivity index (χ1) is 13.5. The van der Waals surface area contributed by atoms with Gasteiger partial charge in [0, 0.05) is 29.8 Å². The van der Waals surface area contributed by atoms with Crippen molar-refractivity contribution in [2.24, 2.45) is 0 Å². The van der Waals surface area contributed by atoms with Crippen LogP contribution in [0.4, 0.5) is 5.69 Å². The Morgan fingerprint density at radius 3 is 2.50 bits per heavy atom. The highest BCUT2D eigenvalue weighted by Crippen LogP contribution is 2.43. The molecule has 2 atom stereocenters. The van der Waals surface area contributed by atoms with Crippen LogP contribution in [0.5, 0.6) is 5.75 Å². The second kappa shape index (κ2) is 7.28. The van der Waals surface area contributed by atoms with Crippen molar-refractivity contribution in [3.8, 4) is 5.75 Å². The zero-order chi connectivity index (χ0) is 19.8. The lowest BCUT2D eigenvalue weighted by molar-refractivity contribution is 0.475. The van der Waals surface area contributed by atoms with Crippen molar-refractivity contribution < 1.29 is 5.11 Å². The number of pyridine rings is 1. The molecule has 0 bridgehead atoms. The van der Waals surface area contributed by atoms with E-state index in [2.05, 4.69) is 46.6 Å². The molecule has 2 N–H and O–H groups in total. The van der Waals surface area contributed by atoms with Crippen molar-refractivity contribution >= 4 is 23.0 Å². The Kier molecular flexibility index (Phi) is 4.81. The lowest BCUT2D eigenvalue weighted by atomic mass is 9.96.